The van der Waals surface area contributed by atoms with Crippen LogP contribution in [-0.4, -0.2) is 16.8 Å². The Morgan fingerprint density at radius 1 is 1.00 bits per heavy atom. The van der Waals surface area contributed by atoms with Crippen molar-refractivity contribution in [2.45, 2.75) is 13.3 Å². The van der Waals surface area contributed by atoms with E-state index in [9.17, 15) is 0 Å². The summed E-state index contributed by atoms with van der Waals surface area (Å²) in [5.74, 6) is 0.993. The lowest BCUT2D eigenvalue weighted by Crippen LogP contribution is -1.94. The average Bonchev–Trinajstić information content (AvgIpc) is 2.99. The third-order valence-corrected chi connectivity index (χ3v) is 4.01. The maximum absolute atomic E-state index is 5.82. The summed E-state index contributed by atoms with van der Waals surface area (Å²) < 4.78 is 5.82. The molecule has 3 heteroatoms. The number of ether oxygens (including phenoxy) is 1. The lowest BCUT2D eigenvalue weighted by Gasteiger charge is -2.14. The normalized spacial score (nSPS) is 13.2. The average molecular weight is 262 g/mol. The van der Waals surface area contributed by atoms with Crippen molar-refractivity contribution in [3.63, 3.8) is 0 Å². The summed E-state index contributed by atoms with van der Waals surface area (Å²) in [5, 5.41) is 10.3. The van der Waals surface area contributed by atoms with Gasteiger partial charge in [-0.25, -0.2) is 0 Å². The van der Waals surface area contributed by atoms with Crippen molar-refractivity contribution in [2.75, 3.05) is 6.61 Å². The van der Waals surface area contributed by atoms with Crippen molar-refractivity contribution in [3.05, 3.63) is 53.9 Å². The van der Waals surface area contributed by atoms with Crippen LogP contribution in [0.2, 0.25) is 0 Å². The van der Waals surface area contributed by atoms with E-state index < -0.39 is 0 Å². The Kier molecular flexibility index (Phi) is 2.46. The molecule has 4 rings (SSSR count). The van der Waals surface area contributed by atoms with Crippen LogP contribution >= 0.6 is 0 Å². The SMILES string of the molecule is Cc1c2c(c3cnncc3c1-c1ccccc1)OCC2. The van der Waals surface area contributed by atoms with Gasteiger partial charge in [0, 0.05) is 22.8 Å². The summed E-state index contributed by atoms with van der Waals surface area (Å²) in [5.41, 5.74) is 5.08. The molecule has 1 aliphatic rings. The number of nitrogens with zero attached hydrogens (tertiary/aromatic N) is 2. The molecule has 3 aromatic rings. The molecule has 0 atom stereocenters. The molecule has 2 heterocycles. The molecule has 1 aromatic heterocycles. The van der Waals surface area contributed by atoms with Crippen LogP contribution in [0.1, 0.15) is 11.1 Å². The first-order chi connectivity index (χ1) is 9.86. The van der Waals surface area contributed by atoms with Crippen molar-refractivity contribution in [1.29, 1.82) is 0 Å². The van der Waals surface area contributed by atoms with Crippen molar-refractivity contribution in [3.8, 4) is 16.9 Å². The largest absolute Gasteiger partial charge is 0.492 e. The van der Waals surface area contributed by atoms with Crippen LogP contribution in [0.4, 0.5) is 0 Å². The third-order valence-electron chi connectivity index (χ3n) is 4.01. The molecular weight excluding hydrogens is 248 g/mol. The Bertz CT molecular complexity index is 797. The highest BCUT2D eigenvalue weighted by molar-refractivity contribution is 6.02. The lowest BCUT2D eigenvalue weighted by molar-refractivity contribution is 0.360. The van der Waals surface area contributed by atoms with Crippen LogP contribution < -0.4 is 4.74 Å². The predicted octanol–water partition coefficient (Wildman–Crippen LogP) is 3.54. The number of hydrogen-bond acceptors (Lipinski definition) is 3. The zero-order valence-corrected chi connectivity index (χ0v) is 11.3. The van der Waals surface area contributed by atoms with Gasteiger partial charge in [-0.15, -0.1) is 0 Å². The summed E-state index contributed by atoms with van der Waals surface area (Å²) in [7, 11) is 0. The standard InChI is InChI=1S/C17H14N2O/c1-11-13-7-8-20-17(13)15-10-19-18-9-14(15)16(11)12-5-3-2-4-6-12/h2-6,9-10H,7-8H2,1H3. The van der Waals surface area contributed by atoms with Gasteiger partial charge in [-0.05, 0) is 23.6 Å². The predicted molar refractivity (Wildman–Crippen MR) is 78.9 cm³/mol. The molecule has 2 aromatic carbocycles. The number of rotatable bonds is 1. The minimum absolute atomic E-state index is 0.756. The monoisotopic (exact) mass is 262 g/mol. The van der Waals surface area contributed by atoms with Gasteiger partial charge >= 0.3 is 0 Å². The van der Waals surface area contributed by atoms with Gasteiger partial charge in [0.15, 0.2) is 0 Å². The Morgan fingerprint density at radius 2 is 1.75 bits per heavy atom. The second-order valence-corrected chi connectivity index (χ2v) is 5.09. The molecule has 1 aliphatic heterocycles. The quantitative estimate of drug-likeness (QED) is 0.672. The van der Waals surface area contributed by atoms with Gasteiger partial charge in [0.2, 0.25) is 0 Å². The minimum atomic E-state index is 0.756. The first-order valence-electron chi connectivity index (χ1n) is 6.80. The van der Waals surface area contributed by atoms with Gasteiger partial charge in [-0.1, -0.05) is 30.3 Å². The molecular formula is C17H14N2O. The summed E-state index contributed by atoms with van der Waals surface area (Å²) in [6, 6.07) is 10.5. The van der Waals surface area contributed by atoms with Gasteiger partial charge in [0.25, 0.3) is 0 Å². The second-order valence-electron chi connectivity index (χ2n) is 5.09. The fourth-order valence-corrected chi connectivity index (χ4v) is 3.09. The van der Waals surface area contributed by atoms with E-state index in [4.69, 9.17) is 4.74 Å². The highest BCUT2D eigenvalue weighted by Gasteiger charge is 2.22. The number of hydrogen-bond donors (Lipinski definition) is 0. The Balaban J connectivity index is 2.16. The van der Waals surface area contributed by atoms with E-state index in [-0.39, 0.29) is 0 Å². The van der Waals surface area contributed by atoms with E-state index in [0.717, 1.165) is 29.5 Å². The van der Waals surface area contributed by atoms with E-state index in [0.29, 0.717) is 0 Å². The maximum atomic E-state index is 5.82. The van der Waals surface area contributed by atoms with E-state index in [1.807, 2.05) is 18.5 Å². The van der Waals surface area contributed by atoms with E-state index in [1.165, 1.54) is 22.3 Å². The van der Waals surface area contributed by atoms with Gasteiger partial charge in [0.1, 0.15) is 5.75 Å². The molecule has 0 saturated heterocycles. The zero-order valence-electron chi connectivity index (χ0n) is 11.3. The van der Waals surface area contributed by atoms with Gasteiger partial charge in [-0.3, -0.25) is 0 Å². The van der Waals surface area contributed by atoms with Crippen LogP contribution in [0.15, 0.2) is 42.7 Å². The minimum Gasteiger partial charge on any atom is -0.492 e. The number of aromatic nitrogens is 2. The molecule has 0 spiro atoms. The lowest BCUT2D eigenvalue weighted by atomic mass is 9.90. The van der Waals surface area contributed by atoms with Crippen LogP contribution in [0.5, 0.6) is 5.75 Å². The molecule has 3 nitrogen and oxygen atoms in total. The summed E-state index contributed by atoms with van der Waals surface area (Å²) in [4.78, 5) is 0. The molecule has 0 bridgehead atoms. The van der Waals surface area contributed by atoms with Crippen LogP contribution in [0, 0.1) is 6.92 Å². The third kappa shape index (κ3) is 1.53. The van der Waals surface area contributed by atoms with E-state index in [2.05, 4.69) is 41.4 Å². The van der Waals surface area contributed by atoms with Crippen LogP contribution in [0.25, 0.3) is 21.9 Å². The molecule has 20 heavy (non-hydrogen) atoms. The van der Waals surface area contributed by atoms with E-state index >= 15 is 0 Å². The summed E-state index contributed by atoms with van der Waals surface area (Å²) in [6.45, 7) is 2.93. The molecule has 0 unspecified atom stereocenters. The number of benzene rings is 2. The Morgan fingerprint density at radius 3 is 2.55 bits per heavy atom. The zero-order chi connectivity index (χ0) is 13.5. The van der Waals surface area contributed by atoms with Gasteiger partial charge < -0.3 is 4.74 Å². The first-order valence-corrected chi connectivity index (χ1v) is 6.80. The molecule has 0 saturated carbocycles. The summed E-state index contributed by atoms with van der Waals surface area (Å²) >= 11 is 0. The molecule has 98 valence electrons. The maximum Gasteiger partial charge on any atom is 0.132 e. The molecule has 0 N–H and O–H groups in total. The molecule has 0 radical (unpaired) electrons. The van der Waals surface area contributed by atoms with Crippen molar-refractivity contribution < 1.29 is 4.74 Å². The molecule has 0 aliphatic carbocycles. The fourth-order valence-electron chi connectivity index (χ4n) is 3.09. The van der Waals surface area contributed by atoms with Crippen LogP contribution in [-0.2, 0) is 6.42 Å². The number of fused-ring (bicyclic) bond motifs is 3. The Labute approximate surface area is 117 Å². The molecule has 0 fully saturated rings. The van der Waals surface area contributed by atoms with Crippen molar-refractivity contribution >= 4 is 10.8 Å². The highest BCUT2D eigenvalue weighted by Crippen LogP contribution is 2.42. The second kappa shape index (κ2) is 4.30. The smallest absolute Gasteiger partial charge is 0.132 e. The van der Waals surface area contributed by atoms with E-state index in [1.54, 1.807) is 0 Å². The van der Waals surface area contributed by atoms with Gasteiger partial charge in [-0.2, -0.15) is 10.2 Å². The molecule has 0 amide bonds. The Hall–Kier alpha value is -2.42. The highest BCUT2D eigenvalue weighted by atomic mass is 16.5. The topological polar surface area (TPSA) is 35.0 Å². The first kappa shape index (κ1) is 11.4. The van der Waals surface area contributed by atoms with Crippen molar-refractivity contribution in [1.82, 2.24) is 10.2 Å². The van der Waals surface area contributed by atoms with Gasteiger partial charge in [0.05, 0.1) is 19.0 Å². The summed E-state index contributed by atoms with van der Waals surface area (Å²) in [6.07, 6.45) is 4.62. The van der Waals surface area contributed by atoms with Crippen LogP contribution in [0.3, 0.4) is 0 Å². The van der Waals surface area contributed by atoms with Crippen molar-refractivity contribution in [2.24, 2.45) is 0 Å². The fraction of sp³-hybridized carbons (Fsp3) is 0.176.